The number of carbonyl (C=O) groups is 1. The molecular weight excluding hydrogens is 152 g/mol. The van der Waals surface area contributed by atoms with Gasteiger partial charge in [-0.1, -0.05) is 12.8 Å². The average molecular weight is 168 g/mol. The maximum atomic E-state index is 11.2. The summed E-state index contributed by atoms with van der Waals surface area (Å²) < 4.78 is 0. The number of aliphatic hydroxyl groups excluding tert-OH is 1. The number of rotatable bonds is 0. The van der Waals surface area contributed by atoms with Gasteiger partial charge in [-0.15, -0.1) is 0 Å². The molecule has 1 N–H and O–H groups in total. The molecule has 0 aromatic carbocycles. The van der Waals surface area contributed by atoms with E-state index in [-0.39, 0.29) is 11.5 Å². The summed E-state index contributed by atoms with van der Waals surface area (Å²) in [6.45, 7) is 0. The molecule has 0 saturated heterocycles. The minimum atomic E-state index is -0.197. The summed E-state index contributed by atoms with van der Waals surface area (Å²) in [6, 6.07) is 0. The maximum Gasteiger partial charge on any atom is 0.133 e. The maximum absolute atomic E-state index is 11.2. The quantitative estimate of drug-likeness (QED) is 0.597. The van der Waals surface area contributed by atoms with Crippen LogP contribution in [0.3, 0.4) is 0 Å². The third-order valence-electron chi connectivity index (χ3n) is 3.56. The smallest absolute Gasteiger partial charge is 0.133 e. The lowest BCUT2D eigenvalue weighted by Gasteiger charge is -2.37. The molecule has 0 bridgehead atoms. The van der Waals surface area contributed by atoms with E-state index in [1.807, 2.05) is 0 Å². The Hall–Kier alpha value is -0.370. The second-order valence-corrected chi connectivity index (χ2v) is 4.34. The van der Waals surface area contributed by atoms with E-state index in [0.29, 0.717) is 18.6 Å². The van der Waals surface area contributed by atoms with Crippen LogP contribution in [0.5, 0.6) is 0 Å². The molecule has 0 aromatic rings. The van der Waals surface area contributed by atoms with Crippen LogP contribution in [0.2, 0.25) is 0 Å². The standard InChI is InChI=1S/C10H16O2/c11-8-4-6-10(7-8)5-2-1-3-9(10)12/h9,12H,1-7H2. The zero-order valence-electron chi connectivity index (χ0n) is 7.38. The highest BCUT2D eigenvalue weighted by Gasteiger charge is 2.44. The number of ketones is 1. The number of hydrogen-bond acceptors (Lipinski definition) is 2. The van der Waals surface area contributed by atoms with Gasteiger partial charge in [0.05, 0.1) is 6.10 Å². The van der Waals surface area contributed by atoms with Crippen molar-refractivity contribution in [2.45, 2.75) is 51.0 Å². The summed E-state index contributed by atoms with van der Waals surface area (Å²) in [6.07, 6.45) is 6.41. The van der Waals surface area contributed by atoms with Crippen molar-refractivity contribution in [2.75, 3.05) is 0 Å². The first-order chi connectivity index (χ1) is 5.73. The molecule has 2 rings (SSSR count). The molecule has 2 heteroatoms. The Morgan fingerprint density at radius 3 is 2.75 bits per heavy atom. The molecule has 2 aliphatic rings. The molecule has 2 atom stereocenters. The van der Waals surface area contributed by atoms with E-state index in [4.69, 9.17) is 0 Å². The molecule has 0 aromatic heterocycles. The van der Waals surface area contributed by atoms with Gasteiger partial charge in [0.2, 0.25) is 0 Å². The molecule has 2 aliphatic carbocycles. The van der Waals surface area contributed by atoms with E-state index >= 15 is 0 Å². The molecule has 0 amide bonds. The molecule has 0 aliphatic heterocycles. The van der Waals surface area contributed by atoms with Gasteiger partial charge in [0, 0.05) is 18.3 Å². The van der Waals surface area contributed by atoms with Gasteiger partial charge in [-0.3, -0.25) is 4.79 Å². The summed E-state index contributed by atoms with van der Waals surface area (Å²) in [5.74, 6) is 0.357. The van der Waals surface area contributed by atoms with E-state index in [1.165, 1.54) is 6.42 Å². The highest BCUT2D eigenvalue weighted by atomic mass is 16.3. The second-order valence-electron chi connectivity index (χ2n) is 4.34. The highest BCUT2D eigenvalue weighted by molar-refractivity contribution is 5.81. The zero-order chi connectivity index (χ0) is 8.60. The van der Waals surface area contributed by atoms with Crippen molar-refractivity contribution in [3.63, 3.8) is 0 Å². The predicted octanol–water partition coefficient (Wildman–Crippen LogP) is 1.66. The highest BCUT2D eigenvalue weighted by Crippen LogP contribution is 2.47. The number of hydrogen-bond donors (Lipinski definition) is 1. The molecule has 2 nitrogen and oxygen atoms in total. The lowest BCUT2D eigenvalue weighted by atomic mass is 9.71. The van der Waals surface area contributed by atoms with Gasteiger partial charge < -0.3 is 5.11 Å². The van der Waals surface area contributed by atoms with Gasteiger partial charge in [0.25, 0.3) is 0 Å². The van der Waals surface area contributed by atoms with Gasteiger partial charge in [-0.2, -0.15) is 0 Å². The fourth-order valence-electron chi connectivity index (χ4n) is 2.74. The minimum Gasteiger partial charge on any atom is -0.393 e. The van der Waals surface area contributed by atoms with Crippen molar-refractivity contribution in [2.24, 2.45) is 5.41 Å². The Labute approximate surface area is 73.0 Å². The summed E-state index contributed by atoms with van der Waals surface area (Å²) >= 11 is 0. The zero-order valence-corrected chi connectivity index (χ0v) is 7.38. The van der Waals surface area contributed by atoms with Crippen molar-refractivity contribution in [1.29, 1.82) is 0 Å². The predicted molar refractivity (Wildman–Crippen MR) is 45.8 cm³/mol. The van der Waals surface area contributed by atoms with E-state index < -0.39 is 0 Å². The Morgan fingerprint density at radius 2 is 2.17 bits per heavy atom. The molecule has 68 valence electrons. The lowest BCUT2D eigenvalue weighted by molar-refractivity contribution is -0.119. The number of aliphatic hydroxyl groups is 1. The van der Waals surface area contributed by atoms with E-state index in [1.54, 1.807) is 0 Å². The van der Waals surface area contributed by atoms with Crippen LogP contribution in [-0.4, -0.2) is 17.0 Å². The molecule has 2 fully saturated rings. The van der Waals surface area contributed by atoms with Crippen LogP contribution in [0.4, 0.5) is 0 Å². The summed E-state index contributed by atoms with van der Waals surface area (Å²) in [4.78, 5) is 11.2. The third-order valence-corrected chi connectivity index (χ3v) is 3.56. The third kappa shape index (κ3) is 1.18. The van der Waals surface area contributed by atoms with Crippen LogP contribution < -0.4 is 0 Å². The summed E-state index contributed by atoms with van der Waals surface area (Å²) in [5.41, 5.74) is 0.00926. The van der Waals surface area contributed by atoms with Crippen LogP contribution in [0.1, 0.15) is 44.9 Å². The van der Waals surface area contributed by atoms with Crippen molar-refractivity contribution in [3.05, 3.63) is 0 Å². The Morgan fingerprint density at radius 1 is 1.33 bits per heavy atom. The number of Topliss-reactive ketones (excluding diaryl/α,β-unsaturated/α-hetero) is 1. The normalized spacial score (nSPS) is 42.4. The molecule has 2 unspecified atom stereocenters. The summed E-state index contributed by atoms with van der Waals surface area (Å²) in [5, 5.41) is 9.82. The first-order valence-electron chi connectivity index (χ1n) is 4.93. The van der Waals surface area contributed by atoms with Crippen molar-refractivity contribution in [1.82, 2.24) is 0 Å². The van der Waals surface area contributed by atoms with E-state index in [9.17, 15) is 9.90 Å². The van der Waals surface area contributed by atoms with Gasteiger partial charge >= 0.3 is 0 Å². The van der Waals surface area contributed by atoms with Crippen LogP contribution in [0.25, 0.3) is 0 Å². The average Bonchev–Trinajstić information content (AvgIpc) is 2.41. The van der Waals surface area contributed by atoms with Crippen molar-refractivity contribution in [3.8, 4) is 0 Å². The molecular formula is C10H16O2. The van der Waals surface area contributed by atoms with Crippen molar-refractivity contribution >= 4 is 5.78 Å². The largest absolute Gasteiger partial charge is 0.393 e. The summed E-state index contributed by atoms with van der Waals surface area (Å²) in [7, 11) is 0. The van der Waals surface area contributed by atoms with Crippen molar-refractivity contribution < 1.29 is 9.90 Å². The SMILES string of the molecule is O=C1CCC2(CCCCC2O)C1. The first-order valence-corrected chi connectivity index (χ1v) is 4.93. The molecule has 12 heavy (non-hydrogen) atoms. The molecule has 2 saturated carbocycles. The van der Waals surface area contributed by atoms with Gasteiger partial charge in [0.15, 0.2) is 0 Å². The van der Waals surface area contributed by atoms with E-state index in [0.717, 1.165) is 25.7 Å². The van der Waals surface area contributed by atoms with Crippen LogP contribution in [0.15, 0.2) is 0 Å². The molecule has 0 radical (unpaired) electrons. The van der Waals surface area contributed by atoms with Crippen LogP contribution in [0, 0.1) is 5.41 Å². The topological polar surface area (TPSA) is 37.3 Å². The molecule has 0 heterocycles. The number of carbonyl (C=O) groups excluding carboxylic acids is 1. The van der Waals surface area contributed by atoms with Crippen LogP contribution in [-0.2, 0) is 4.79 Å². The second kappa shape index (κ2) is 2.84. The first kappa shape index (κ1) is 8.24. The van der Waals surface area contributed by atoms with Gasteiger partial charge in [-0.05, 0) is 19.3 Å². The monoisotopic (exact) mass is 168 g/mol. The van der Waals surface area contributed by atoms with Gasteiger partial charge in [-0.25, -0.2) is 0 Å². The van der Waals surface area contributed by atoms with Gasteiger partial charge in [0.1, 0.15) is 5.78 Å². The minimum absolute atomic E-state index is 0.00926. The Balaban J connectivity index is 2.12. The Bertz CT molecular complexity index is 200. The van der Waals surface area contributed by atoms with Crippen LogP contribution >= 0.6 is 0 Å². The van der Waals surface area contributed by atoms with E-state index in [2.05, 4.69) is 0 Å². The lowest BCUT2D eigenvalue weighted by Crippen LogP contribution is -2.36. The Kier molecular flexibility index (Phi) is 1.95. The fraction of sp³-hybridized carbons (Fsp3) is 0.900. The molecule has 1 spiro atoms. The fourth-order valence-corrected chi connectivity index (χ4v) is 2.74.